The van der Waals surface area contributed by atoms with Crippen molar-refractivity contribution in [2.24, 2.45) is 7.05 Å². The van der Waals surface area contributed by atoms with Crippen molar-refractivity contribution in [2.45, 2.75) is 56.7 Å². The van der Waals surface area contributed by atoms with Crippen molar-refractivity contribution in [1.29, 1.82) is 0 Å². The Bertz CT molecular complexity index is 1880. The van der Waals surface area contributed by atoms with Gasteiger partial charge in [-0.25, -0.2) is 4.79 Å². The van der Waals surface area contributed by atoms with Crippen molar-refractivity contribution in [1.82, 2.24) is 14.9 Å². The molecule has 10 heteroatoms. The van der Waals surface area contributed by atoms with Crippen molar-refractivity contribution in [3.8, 4) is 17.0 Å². The molecule has 5 aromatic rings. The lowest BCUT2D eigenvalue weighted by molar-refractivity contribution is -0.0549. The van der Waals surface area contributed by atoms with E-state index in [4.69, 9.17) is 32.5 Å². The van der Waals surface area contributed by atoms with Gasteiger partial charge >= 0.3 is 5.97 Å². The van der Waals surface area contributed by atoms with Crippen LogP contribution in [-0.2, 0) is 19.3 Å². The highest BCUT2D eigenvalue weighted by Gasteiger charge is 2.46. The number of hydrogen-bond donors (Lipinski definition) is 2. The monoisotopic (exact) mass is 617 g/mol. The summed E-state index contributed by atoms with van der Waals surface area (Å²) in [6, 6.07) is 16.8. The SMILES string of the molecule is Cc1cccc(Cl)c1-c1noc(C2CC2)c1COc1ccc(C2(O)CC(c3ccc4c(C(=O)O)nn(C)c4c3)C2)c(Cl)c1. The Balaban J connectivity index is 1.08. The number of carboxylic acids is 1. The van der Waals surface area contributed by atoms with Gasteiger partial charge in [0.2, 0.25) is 0 Å². The molecule has 0 spiro atoms. The highest BCUT2D eigenvalue weighted by molar-refractivity contribution is 6.33. The number of carboxylic acid groups (broad SMARTS) is 1. The standard InChI is InChI=1S/C33H29Cl2N3O5/c1-17-4-3-5-25(34)28(17)29-23(31(43-37-29)18-6-7-18)16-42-21-9-11-24(26(35)13-21)33(41)14-20(15-33)19-8-10-22-27(12-19)38(2)36-30(22)32(39)40/h3-5,8-13,18,20,41H,6-7,14-16H2,1-2H3,(H,39,40). The summed E-state index contributed by atoms with van der Waals surface area (Å²) in [5.74, 6) is 0.807. The van der Waals surface area contributed by atoms with E-state index in [2.05, 4.69) is 10.3 Å². The van der Waals surface area contributed by atoms with Crippen LogP contribution in [-0.4, -0.2) is 31.1 Å². The maximum Gasteiger partial charge on any atom is 0.357 e. The molecule has 0 bridgehead atoms. The van der Waals surface area contributed by atoms with E-state index in [0.29, 0.717) is 51.2 Å². The van der Waals surface area contributed by atoms with E-state index < -0.39 is 11.6 Å². The van der Waals surface area contributed by atoms with Gasteiger partial charge < -0.3 is 19.5 Å². The van der Waals surface area contributed by atoms with Gasteiger partial charge in [0.05, 0.1) is 26.7 Å². The van der Waals surface area contributed by atoms with Gasteiger partial charge in [-0.15, -0.1) is 0 Å². The van der Waals surface area contributed by atoms with Crippen molar-refractivity contribution < 1.29 is 24.3 Å². The van der Waals surface area contributed by atoms with Gasteiger partial charge in [0.15, 0.2) is 5.69 Å². The molecule has 7 rings (SSSR count). The van der Waals surface area contributed by atoms with E-state index in [1.807, 2.05) is 49.4 Å². The van der Waals surface area contributed by atoms with Crippen LogP contribution >= 0.6 is 23.2 Å². The van der Waals surface area contributed by atoms with E-state index in [9.17, 15) is 15.0 Å². The Morgan fingerprint density at radius 1 is 1.09 bits per heavy atom. The van der Waals surface area contributed by atoms with Gasteiger partial charge in [-0.2, -0.15) is 5.10 Å². The van der Waals surface area contributed by atoms with E-state index in [1.54, 1.807) is 23.9 Å². The highest BCUT2D eigenvalue weighted by Crippen LogP contribution is 2.53. The lowest BCUT2D eigenvalue weighted by Crippen LogP contribution is -2.40. The van der Waals surface area contributed by atoms with Crippen LogP contribution in [0.2, 0.25) is 10.0 Å². The number of carbonyl (C=O) groups is 1. The number of rotatable bonds is 8. The summed E-state index contributed by atoms with van der Waals surface area (Å²) in [6.45, 7) is 2.25. The summed E-state index contributed by atoms with van der Waals surface area (Å²) in [6.07, 6.45) is 3.10. The zero-order valence-corrected chi connectivity index (χ0v) is 25.1. The molecular formula is C33H29Cl2N3O5. The minimum Gasteiger partial charge on any atom is -0.489 e. The molecule has 2 aliphatic carbocycles. The van der Waals surface area contributed by atoms with Crippen LogP contribution in [0.5, 0.6) is 5.75 Å². The van der Waals surface area contributed by atoms with Crippen molar-refractivity contribution in [3.63, 3.8) is 0 Å². The summed E-state index contributed by atoms with van der Waals surface area (Å²) in [5.41, 5.74) is 4.83. The third-order valence-corrected chi connectivity index (χ3v) is 9.40. The molecule has 43 heavy (non-hydrogen) atoms. The molecule has 220 valence electrons. The Labute approximate surface area is 257 Å². The van der Waals surface area contributed by atoms with Crippen LogP contribution in [0, 0.1) is 6.92 Å². The topological polar surface area (TPSA) is 111 Å². The second-order valence-corrected chi connectivity index (χ2v) is 12.5. The maximum atomic E-state index is 11.5. The molecule has 3 aromatic carbocycles. The second kappa shape index (κ2) is 10.4. The largest absolute Gasteiger partial charge is 0.489 e. The molecule has 0 radical (unpaired) electrons. The van der Waals surface area contributed by atoms with Crippen LogP contribution in [0.1, 0.15) is 76.0 Å². The first kappa shape index (κ1) is 28.0. The van der Waals surface area contributed by atoms with Crippen LogP contribution in [0.15, 0.2) is 59.1 Å². The average molecular weight is 619 g/mol. The lowest BCUT2D eigenvalue weighted by Gasteiger charge is -2.44. The molecule has 0 saturated heterocycles. The molecule has 2 saturated carbocycles. The number of aromatic carboxylic acids is 1. The summed E-state index contributed by atoms with van der Waals surface area (Å²) in [4.78, 5) is 11.5. The Morgan fingerprint density at radius 2 is 1.88 bits per heavy atom. The molecule has 2 heterocycles. The first-order chi connectivity index (χ1) is 20.6. The van der Waals surface area contributed by atoms with Gasteiger partial charge in [0.25, 0.3) is 0 Å². The van der Waals surface area contributed by atoms with Crippen molar-refractivity contribution in [3.05, 3.63) is 98.4 Å². The number of aromatic nitrogens is 3. The summed E-state index contributed by atoms with van der Waals surface area (Å²) in [7, 11) is 1.73. The Hall–Kier alpha value is -3.85. The first-order valence-corrected chi connectivity index (χ1v) is 15.0. The molecule has 2 aromatic heterocycles. The molecule has 2 N–H and O–H groups in total. The Morgan fingerprint density at radius 3 is 2.58 bits per heavy atom. The number of aryl methyl sites for hydroxylation is 2. The predicted octanol–water partition coefficient (Wildman–Crippen LogP) is 7.76. The van der Waals surface area contributed by atoms with Crippen LogP contribution < -0.4 is 4.74 Å². The number of halogens is 2. The number of hydrogen-bond acceptors (Lipinski definition) is 6. The number of fused-ring (bicyclic) bond motifs is 1. The molecule has 0 amide bonds. The second-order valence-electron chi connectivity index (χ2n) is 11.7. The molecule has 0 unspecified atom stereocenters. The van der Waals surface area contributed by atoms with Gasteiger partial charge in [0, 0.05) is 29.5 Å². The lowest BCUT2D eigenvalue weighted by atomic mass is 9.65. The maximum absolute atomic E-state index is 11.5. The summed E-state index contributed by atoms with van der Waals surface area (Å²) >= 11 is 13.3. The molecular weight excluding hydrogens is 589 g/mol. The van der Waals surface area contributed by atoms with E-state index >= 15 is 0 Å². The average Bonchev–Trinajstić information content (AvgIpc) is 3.63. The fourth-order valence-electron chi connectivity index (χ4n) is 6.27. The molecule has 2 fully saturated rings. The molecule has 0 atom stereocenters. The van der Waals surface area contributed by atoms with Gasteiger partial charge in [-0.3, -0.25) is 4.68 Å². The summed E-state index contributed by atoms with van der Waals surface area (Å²) < 4.78 is 13.6. The van der Waals surface area contributed by atoms with Crippen LogP contribution in [0.3, 0.4) is 0 Å². The smallest absolute Gasteiger partial charge is 0.357 e. The van der Waals surface area contributed by atoms with Gasteiger partial charge in [0.1, 0.15) is 23.8 Å². The number of benzene rings is 3. The zero-order valence-electron chi connectivity index (χ0n) is 23.6. The first-order valence-electron chi connectivity index (χ1n) is 14.2. The summed E-state index contributed by atoms with van der Waals surface area (Å²) in [5, 5.41) is 31.1. The predicted molar refractivity (Wildman–Crippen MR) is 163 cm³/mol. The number of nitrogens with zero attached hydrogens (tertiary/aromatic N) is 3. The Kier molecular flexibility index (Phi) is 6.76. The van der Waals surface area contributed by atoms with Gasteiger partial charge in [-0.05, 0) is 73.9 Å². The minimum atomic E-state index is -1.07. The number of aliphatic hydroxyl groups is 1. The highest BCUT2D eigenvalue weighted by atomic mass is 35.5. The van der Waals surface area contributed by atoms with Crippen molar-refractivity contribution >= 4 is 40.1 Å². The quantitative estimate of drug-likeness (QED) is 0.183. The third kappa shape index (κ3) is 4.87. The normalized spacial score (nSPS) is 19.9. The molecule has 2 aliphatic rings. The number of ether oxygens (including phenoxy) is 1. The zero-order chi connectivity index (χ0) is 30.0. The van der Waals surface area contributed by atoms with Crippen LogP contribution in [0.4, 0.5) is 0 Å². The fourth-order valence-corrected chi connectivity index (χ4v) is 6.93. The minimum absolute atomic E-state index is 0.0336. The molecule has 8 nitrogen and oxygen atoms in total. The van der Waals surface area contributed by atoms with Crippen molar-refractivity contribution in [2.75, 3.05) is 0 Å². The van der Waals surface area contributed by atoms with E-state index in [1.165, 1.54) is 0 Å². The third-order valence-electron chi connectivity index (χ3n) is 8.77. The van der Waals surface area contributed by atoms with E-state index in [-0.39, 0.29) is 18.2 Å². The van der Waals surface area contributed by atoms with Crippen LogP contribution in [0.25, 0.3) is 22.2 Å². The fraction of sp³-hybridized carbons (Fsp3) is 0.303. The molecule has 0 aliphatic heterocycles. The van der Waals surface area contributed by atoms with Gasteiger partial charge in [-0.1, -0.05) is 58.7 Å². The van der Waals surface area contributed by atoms with E-state index in [0.717, 1.165) is 46.4 Å².